The van der Waals surface area contributed by atoms with Crippen LogP contribution in [0.1, 0.15) is 56.8 Å². The van der Waals surface area contributed by atoms with Gasteiger partial charge in [-0.2, -0.15) is 0 Å². The molecular formula is C20H29NO5. The summed E-state index contributed by atoms with van der Waals surface area (Å²) in [6.07, 6.45) is 3.48. The van der Waals surface area contributed by atoms with Crippen LogP contribution in [0.5, 0.6) is 5.75 Å². The number of amides is 1. The van der Waals surface area contributed by atoms with Gasteiger partial charge < -0.3 is 19.5 Å². The topological polar surface area (TPSA) is 73.9 Å². The van der Waals surface area contributed by atoms with Crippen molar-refractivity contribution in [2.24, 2.45) is 5.92 Å². The number of rotatable bonds is 7. The van der Waals surface area contributed by atoms with E-state index in [1.807, 2.05) is 13.8 Å². The summed E-state index contributed by atoms with van der Waals surface area (Å²) in [7, 11) is 1.32. The number of ether oxygens (including phenoxy) is 3. The standard InChI is InChI=1S/C20H29NO5/c1-5-25-17-10-9-15(12-16(17)18(22)24-4)21-19(23)20(26-6-2)11-7-8-14(3)13-20/h9-10,12,14H,5-8,11,13H2,1-4H3,(H,21,23)/t14-,20+/m1/s1. The lowest BCUT2D eigenvalue weighted by Gasteiger charge is -2.38. The fourth-order valence-corrected chi connectivity index (χ4v) is 3.59. The molecule has 1 aliphatic carbocycles. The molecule has 0 bridgehead atoms. The highest BCUT2D eigenvalue weighted by molar-refractivity contribution is 5.99. The van der Waals surface area contributed by atoms with Gasteiger partial charge in [0.1, 0.15) is 16.9 Å². The third-order valence-corrected chi connectivity index (χ3v) is 4.73. The molecule has 1 saturated carbocycles. The number of nitrogens with one attached hydrogen (secondary N) is 1. The van der Waals surface area contributed by atoms with Crippen molar-refractivity contribution in [2.75, 3.05) is 25.6 Å². The summed E-state index contributed by atoms with van der Waals surface area (Å²) in [5.41, 5.74) is 0.00182. The highest BCUT2D eigenvalue weighted by Crippen LogP contribution is 2.36. The molecule has 0 spiro atoms. The van der Waals surface area contributed by atoms with Crippen molar-refractivity contribution in [1.29, 1.82) is 0 Å². The number of hydrogen-bond donors (Lipinski definition) is 1. The van der Waals surface area contributed by atoms with Crippen molar-refractivity contribution in [3.05, 3.63) is 23.8 Å². The van der Waals surface area contributed by atoms with Gasteiger partial charge in [-0.1, -0.05) is 13.3 Å². The molecule has 0 saturated heterocycles. The molecule has 0 radical (unpaired) electrons. The maximum Gasteiger partial charge on any atom is 0.341 e. The van der Waals surface area contributed by atoms with E-state index in [1.165, 1.54) is 7.11 Å². The van der Waals surface area contributed by atoms with Gasteiger partial charge in [-0.05, 0) is 57.2 Å². The summed E-state index contributed by atoms with van der Waals surface area (Å²) in [6.45, 7) is 6.80. The Morgan fingerprint density at radius 3 is 2.65 bits per heavy atom. The Morgan fingerprint density at radius 1 is 1.27 bits per heavy atom. The molecule has 6 heteroatoms. The number of benzene rings is 1. The fourth-order valence-electron chi connectivity index (χ4n) is 3.59. The Labute approximate surface area is 155 Å². The summed E-state index contributed by atoms with van der Waals surface area (Å²) in [5, 5.41) is 2.92. The second kappa shape index (κ2) is 9.03. The summed E-state index contributed by atoms with van der Waals surface area (Å²) >= 11 is 0. The SMILES string of the molecule is CCOc1ccc(NC(=O)[C@]2(OCC)CCC[C@@H](C)C2)cc1C(=O)OC. The molecule has 0 aliphatic heterocycles. The lowest BCUT2D eigenvalue weighted by atomic mass is 9.78. The first-order valence-corrected chi connectivity index (χ1v) is 9.26. The number of esters is 1. The van der Waals surface area contributed by atoms with Crippen LogP contribution >= 0.6 is 0 Å². The van der Waals surface area contributed by atoms with E-state index in [-0.39, 0.29) is 11.5 Å². The first kappa shape index (κ1) is 20.2. The zero-order valence-corrected chi connectivity index (χ0v) is 16.1. The molecule has 0 aromatic heterocycles. The Morgan fingerprint density at radius 2 is 2.04 bits per heavy atom. The van der Waals surface area contributed by atoms with Gasteiger partial charge in [0.2, 0.25) is 0 Å². The average Bonchev–Trinajstić information content (AvgIpc) is 2.62. The Kier molecular flexibility index (Phi) is 7.03. The van der Waals surface area contributed by atoms with Gasteiger partial charge in [0.25, 0.3) is 5.91 Å². The van der Waals surface area contributed by atoms with Crippen LogP contribution < -0.4 is 10.1 Å². The van der Waals surface area contributed by atoms with Gasteiger partial charge in [0.05, 0.1) is 13.7 Å². The predicted octanol–water partition coefficient (Wildman–Crippen LogP) is 3.80. The van der Waals surface area contributed by atoms with E-state index < -0.39 is 11.6 Å². The van der Waals surface area contributed by atoms with Crippen molar-refractivity contribution in [3.63, 3.8) is 0 Å². The normalized spacial score (nSPS) is 22.5. The van der Waals surface area contributed by atoms with Crippen molar-refractivity contribution < 1.29 is 23.8 Å². The minimum atomic E-state index is -0.809. The molecular weight excluding hydrogens is 334 g/mol. The Bertz CT molecular complexity index is 641. The van der Waals surface area contributed by atoms with Crippen molar-refractivity contribution in [2.45, 2.75) is 52.1 Å². The van der Waals surface area contributed by atoms with Crippen molar-refractivity contribution in [1.82, 2.24) is 0 Å². The smallest absolute Gasteiger partial charge is 0.341 e. The third kappa shape index (κ3) is 4.55. The number of hydrogen-bond acceptors (Lipinski definition) is 5. The maximum absolute atomic E-state index is 13.0. The third-order valence-electron chi connectivity index (χ3n) is 4.73. The van der Waals surface area contributed by atoms with Gasteiger partial charge in [0.15, 0.2) is 0 Å². The molecule has 144 valence electrons. The van der Waals surface area contributed by atoms with Crippen LogP contribution in [-0.4, -0.2) is 37.8 Å². The molecule has 1 fully saturated rings. The first-order chi connectivity index (χ1) is 12.5. The van der Waals surface area contributed by atoms with Crippen LogP contribution in [0, 0.1) is 5.92 Å². The van der Waals surface area contributed by atoms with E-state index in [1.54, 1.807) is 18.2 Å². The van der Waals surface area contributed by atoms with Gasteiger partial charge in [-0.25, -0.2) is 4.79 Å². The number of anilines is 1. The molecule has 2 rings (SSSR count). The van der Waals surface area contributed by atoms with E-state index in [0.717, 1.165) is 12.8 Å². The Balaban J connectivity index is 2.25. The van der Waals surface area contributed by atoms with E-state index in [9.17, 15) is 9.59 Å². The largest absolute Gasteiger partial charge is 0.493 e. The van der Waals surface area contributed by atoms with Crippen LogP contribution in [0.2, 0.25) is 0 Å². The quantitative estimate of drug-likeness (QED) is 0.746. The van der Waals surface area contributed by atoms with Gasteiger partial charge in [-0.15, -0.1) is 0 Å². The second-order valence-electron chi connectivity index (χ2n) is 6.72. The molecule has 1 N–H and O–H groups in total. The summed E-state index contributed by atoms with van der Waals surface area (Å²) in [4.78, 5) is 25.0. The number of carbonyl (C=O) groups is 2. The molecule has 0 unspecified atom stereocenters. The number of carbonyl (C=O) groups excluding carboxylic acids is 2. The molecule has 1 aliphatic rings. The van der Waals surface area contributed by atoms with Crippen molar-refractivity contribution in [3.8, 4) is 5.75 Å². The van der Waals surface area contributed by atoms with E-state index in [4.69, 9.17) is 14.2 Å². The van der Waals surface area contributed by atoms with Crippen molar-refractivity contribution >= 4 is 17.6 Å². The maximum atomic E-state index is 13.0. The molecule has 26 heavy (non-hydrogen) atoms. The number of methoxy groups -OCH3 is 1. The summed E-state index contributed by atoms with van der Waals surface area (Å²) < 4.78 is 16.2. The van der Waals surface area contributed by atoms with Gasteiger partial charge in [0, 0.05) is 12.3 Å². The lowest BCUT2D eigenvalue weighted by molar-refractivity contribution is -0.147. The van der Waals surface area contributed by atoms with Crippen LogP contribution in [0.3, 0.4) is 0 Å². The van der Waals surface area contributed by atoms with E-state index >= 15 is 0 Å². The zero-order valence-electron chi connectivity index (χ0n) is 16.1. The van der Waals surface area contributed by atoms with Crippen LogP contribution in [-0.2, 0) is 14.3 Å². The minimum Gasteiger partial charge on any atom is -0.493 e. The molecule has 0 heterocycles. The van der Waals surface area contributed by atoms with Crippen LogP contribution in [0.4, 0.5) is 5.69 Å². The molecule has 2 atom stereocenters. The van der Waals surface area contributed by atoms with Crippen LogP contribution in [0.15, 0.2) is 18.2 Å². The van der Waals surface area contributed by atoms with E-state index in [2.05, 4.69) is 12.2 Å². The molecule has 1 amide bonds. The van der Waals surface area contributed by atoms with Crippen LogP contribution in [0.25, 0.3) is 0 Å². The first-order valence-electron chi connectivity index (χ1n) is 9.26. The zero-order chi connectivity index (χ0) is 19.2. The highest BCUT2D eigenvalue weighted by Gasteiger charge is 2.42. The second-order valence-corrected chi connectivity index (χ2v) is 6.72. The average molecular weight is 363 g/mol. The molecule has 6 nitrogen and oxygen atoms in total. The molecule has 1 aromatic rings. The monoisotopic (exact) mass is 363 g/mol. The minimum absolute atomic E-state index is 0.161. The highest BCUT2D eigenvalue weighted by atomic mass is 16.5. The summed E-state index contributed by atoms with van der Waals surface area (Å²) in [6, 6.07) is 4.98. The lowest BCUT2D eigenvalue weighted by Crippen LogP contribution is -2.48. The Hall–Kier alpha value is -2.08. The summed E-state index contributed by atoms with van der Waals surface area (Å²) in [5.74, 6) is 0.205. The van der Waals surface area contributed by atoms with E-state index in [0.29, 0.717) is 43.4 Å². The van der Waals surface area contributed by atoms with Gasteiger partial charge in [-0.3, -0.25) is 4.79 Å². The molecule has 1 aromatic carbocycles. The van der Waals surface area contributed by atoms with Gasteiger partial charge >= 0.3 is 5.97 Å². The fraction of sp³-hybridized carbons (Fsp3) is 0.600. The predicted molar refractivity (Wildman–Crippen MR) is 99.6 cm³/mol.